The Morgan fingerprint density at radius 3 is 2.30 bits per heavy atom. The van der Waals surface area contributed by atoms with Crippen LogP contribution in [0.4, 0.5) is 5.69 Å². The standard InChI is InChI=1S/C22H31N3O4S/c1-7-29-20-12-10-19(11-13-20)18(4)23-22(26)15-25(30(27,28)24(5)6)21-14-16(2)8-9-17(21)3/h8-14,18H,7,15H2,1-6H3,(H,23,26). The smallest absolute Gasteiger partial charge is 0.304 e. The average molecular weight is 434 g/mol. The number of rotatable bonds is 9. The molecule has 1 unspecified atom stereocenters. The molecular weight excluding hydrogens is 402 g/mol. The van der Waals surface area contributed by atoms with E-state index in [2.05, 4.69) is 5.32 Å². The van der Waals surface area contributed by atoms with Gasteiger partial charge in [0.05, 0.1) is 18.3 Å². The zero-order valence-corrected chi connectivity index (χ0v) is 19.3. The summed E-state index contributed by atoms with van der Waals surface area (Å²) in [6.45, 7) is 7.76. The molecule has 164 valence electrons. The van der Waals surface area contributed by atoms with Crippen LogP contribution in [-0.4, -0.2) is 45.9 Å². The third-order valence-electron chi connectivity index (χ3n) is 4.73. The molecule has 0 aromatic heterocycles. The van der Waals surface area contributed by atoms with Crippen molar-refractivity contribution in [1.29, 1.82) is 0 Å². The van der Waals surface area contributed by atoms with Gasteiger partial charge in [0.1, 0.15) is 12.3 Å². The molecule has 0 saturated heterocycles. The van der Waals surface area contributed by atoms with Gasteiger partial charge in [0, 0.05) is 14.1 Å². The molecule has 8 heteroatoms. The molecule has 0 radical (unpaired) electrons. The molecule has 0 aliphatic carbocycles. The minimum Gasteiger partial charge on any atom is -0.494 e. The number of nitrogens with zero attached hydrogens (tertiary/aromatic N) is 2. The van der Waals surface area contributed by atoms with Gasteiger partial charge in [-0.25, -0.2) is 4.31 Å². The summed E-state index contributed by atoms with van der Waals surface area (Å²) in [5.41, 5.74) is 3.09. The van der Waals surface area contributed by atoms with Crippen LogP contribution < -0.4 is 14.4 Å². The maximum absolute atomic E-state index is 12.9. The Hall–Kier alpha value is -2.58. The number of aryl methyl sites for hydroxylation is 2. The number of hydrogen-bond acceptors (Lipinski definition) is 4. The molecule has 30 heavy (non-hydrogen) atoms. The van der Waals surface area contributed by atoms with Crippen molar-refractivity contribution in [2.75, 3.05) is 31.6 Å². The van der Waals surface area contributed by atoms with Gasteiger partial charge in [-0.1, -0.05) is 24.3 Å². The Morgan fingerprint density at radius 1 is 1.10 bits per heavy atom. The Bertz CT molecular complexity index is 972. The number of benzene rings is 2. The Morgan fingerprint density at radius 2 is 1.73 bits per heavy atom. The third kappa shape index (κ3) is 5.73. The minimum atomic E-state index is -3.85. The van der Waals surface area contributed by atoms with Gasteiger partial charge in [0.15, 0.2) is 0 Å². The molecule has 0 bridgehead atoms. The lowest BCUT2D eigenvalue weighted by Gasteiger charge is -2.29. The van der Waals surface area contributed by atoms with Crippen LogP contribution in [0.1, 0.15) is 36.6 Å². The summed E-state index contributed by atoms with van der Waals surface area (Å²) in [5, 5.41) is 2.89. The van der Waals surface area contributed by atoms with Crippen LogP contribution in [0.25, 0.3) is 0 Å². The van der Waals surface area contributed by atoms with E-state index in [4.69, 9.17) is 4.74 Å². The zero-order chi connectivity index (χ0) is 22.5. The molecule has 0 aliphatic rings. The summed E-state index contributed by atoms with van der Waals surface area (Å²) in [6, 6.07) is 12.7. The largest absolute Gasteiger partial charge is 0.494 e. The summed E-state index contributed by atoms with van der Waals surface area (Å²) in [7, 11) is -0.945. The van der Waals surface area contributed by atoms with E-state index in [1.807, 2.05) is 64.1 Å². The average Bonchev–Trinajstić information content (AvgIpc) is 2.68. The number of ether oxygens (including phenoxy) is 1. The zero-order valence-electron chi connectivity index (χ0n) is 18.5. The lowest BCUT2D eigenvalue weighted by atomic mass is 10.1. The maximum Gasteiger partial charge on any atom is 0.304 e. The first kappa shape index (κ1) is 23.7. The van der Waals surface area contributed by atoms with E-state index < -0.39 is 10.2 Å². The lowest BCUT2D eigenvalue weighted by Crippen LogP contribution is -2.46. The van der Waals surface area contributed by atoms with E-state index in [0.717, 1.165) is 31.1 Å². The predicted octanol–water partition coefficient (Wildman–Crippen LogP) is 3.19. The molecule has 0 saturated carbocycles. The molecule has 1 N–H and O–H groups in total. The highest BCUT2D eigenvalue weighted by molar-refractivity contribution is 7.90. The second-order valence-electron chi connectivity index (χ2n) is 7.38. The van der Waals surface area contributed by atoms with Crippen LogP contribution in [0, 0.1) is 13.8 Å². The maximum atomic E-state index is 12.9. The molecule has 0 heterocycles. The van der Waals surface area contributed by atoms with Crippen molar-refractivity contribution in [2.24, 2.45) is 0 Å². The van der Waals surface area contributed by atoms with Gasteiger partial charge >= 0.3 is 10.2 Å². The minimum absolute atomic E-state index is 0.282. The van der Waals surface area contributed by atoms with Crippen LogP contribution in [0.15, 0.2) is 42.5 Å². The van der Waals surface area contributed by atoms with Crippen LogP contribution in [-0.2, 0) is 15.0 Å². The van der Waals surface area contributed by atoms with Crippen molar-refractivity contribution in [2.45, 2.75) is 33.7 Å². The molecular formula is C22H31N3O4S. The van der Waals surface area contributed by atoms with Crippen molar-refractivity contribution in [3.63, 3.8) is 0 Å². The van der Waals surface area contributed by atoms with E-state index in [-0.39, 0.29) is 18.5 Å². The fourth-order valence-corrected chi connectivity index (χ4v) is 4.12. The normalized spacial score (nSPS) is 12.5. The highest BCUT2D eigenvalue weighted by Gasteiger charge is 2.29. The molecule has 0 aliphatic heterocycles. The fraction of sp³-hybridized carbons (Fsp3) is 0.409. The van der Waals surface area contributed by atoms with E-state index in [9.17, 15) is 13.2 Å². The van der Waals surface area contributed by atoms with Gasteiger partial charge in [-0.2, -0.15) is 12.7 Å². The lowest BCUT2D eigenvalue weighted by molar-refractivity contribution is -0.120. The first-order valence-electron chi connectivity index (χ1n) is 9.85. The van der Waals surface area contributed by atoms with E-state index >= 15 is 0 Å². The first-order chi connectivity index (χ1) is 14.1. The molecule has 1 amide bonds. The van der Waals surface area contributed by atoms with E-state index in [0.29, 0.717) is 12.3 Å². The Balaban J connectivity index is 2.23. The molecule has 0 spiro atoms. The fourth-order valence-electron chi connectivity index (χ4n) is 3.00. The van der Waals surface area contributed by atoms with Gasteiger partial charge in [-0.3, -0.25) is 4.79 Å². The highest BCUT2D eigenvalue weighted by atomic mass is 32.2. The van der Waals surface area contributed by atoms with Crippen LogP contribution in [0.3, 0.4) is 0 Å². The van der Waals surface area contributed by atoms with Gasteiger partial charge < -0.3 is 10.1 Å². The van der Waals surface area contributed by atoms with Gasteiger partial charge in [-0.05, 0) is 62.6 Å². The molecule has 2 rings (SSSR count). The molecule has 2 aromatic rings. The number of amides is 1. The van der Waals surface area contributed by atoms with Gasteiger partial charge in [-0.15, -0.1) is 0 Å². The second-order valence-corrected chi connectivity index (χ2v) is 9.44. The van der Waals surface area contributed by atoms with Gasteiger partial charge in [0.25, 0.3) is 0 Å². The van der Waals surface area contributed by atoms with Crippen molar-refractivity contribution in [3.05, 3.63) is 59.2 Å². The predicted molar refractivity (Wildman–Crippen MR) is 120 cm³/mol. The Kier molecular flexibility index (Phi) is 7.86. The number of anilines is 1. The summed E-state index contributed by atoms with van der Waals surface area (Å²) < 4.78 is 33.6. The number of hydrogen-bond donors (Lipinski definition) is 1. The molecule has 0 fully saturated rings. The summed E-state index contributed by atoms with van der Waals surface area (Å²) >= 11 is 0. The van der Waals surface area contributed by atoms with Crippen molar-refractivity contribution < 1.29 is 17.9 Å². The quantitative estimate of drug-likeness (QED) is 0.659. The summed E-state index contributed by atoms with van der Waals surface area (Å²) in [4.78, 5) is 12.8. The van der Waals surface area contributed by atoms with Crippen LogP contribution >= 0.6 is 0 Å². The summed E-state index contributed by atoms with van der Waals surface area (Å²) in [5.74, 6) is 0.376. The topological polar surface area (TPSA) is 79.0 Å². The number of carbonyl (C=O) groups is 1. The van der Waals surface area contributed by atoms with E-state index in [1.54, 1.807) is 6.07 Å². The molecule has 1 atom stereocenters. The Labute approximate surface area is 179 Å². The SMILES string of the molecule is CCOc1ccc(C(C)NC(=O)CN(c2cc(C)ccc2C)S(=O)(=O)N(C)C)cc1. The van der Waals surface area contributed by atoms with Crippen molar-refractivity contribution >= 4 is 21.8 Å². The second kappa shape index (κ2) is 9.95. The summed E-state index contributed by atoms with van der Waals surface area (Å²) in [6.07, 6.45) is 0. The number of carbonyl (C=O) groups excluding carboxylic acids is 1. The number of nitrogens with one attached hydrogen (secondary N) is 1. The molecule has 2 aromatic carbocycles. The monoisotopic (exact) mass is 433 g/mol. The first-order valence-corrected chi connectivity index (χ1v) is 11.3. The van der Waals surface area contributed by atoms with Crippen LogP contribution in [0.5, 0.6) is 5.75 Å². The third-order valence-corrected chi connectivity index (χ3v) is 6.53. The van der Waals surface area contributed by atoms with Crippen molar-refractivity contribution in [3.8, 4) is 5.75 Å². The van der Waals surface area contributed by atoms with Gasteiger partial charge in [0.2, 0.25) is 5.91 Å². The van der Waals surface area contributed by atoms with Crippen LogP contribution in [0.2, 0.25) is 0 Å². The van der Waals surface area contributed by atoms with Crippen molar-refractivity contribution in [1.82, 2.24) is 9.62 Å². The van der Waals surface area contributed by atoms with E-state index in [1.165, 1.54) is 14.1 Å². The molecule has 7 nitrogen and oxygen atoms in total. The highest BCUT2D eigenvalue weighted by Crippen LogP contribution is 2.25.